The van der Waals surface area contributed by atoms with Crippen LogP contribution >= 0.6 is 24.0 Å². The third-order valence-corrected chi connectivity index (χ3v) is 1.21. The minimum atomic E-state index is 0. The van der Waals surface area contributed by atoms with E-state index in [1.165, 1.54) is 0 Å². The van der Waals surface area contributed by atoms with E-state index in [-0.39, 0.29) is 12.4 Å². The Morgan fingerprint density at radius 3 is 2.78 bits per heavy atom. The maximum Gasteiger partial charge on any atom is 0.110 e. The van der Waals surface area contributed by atoms with Gasteiger partial charge in [0, 0.05) is 12.4 Å². The zero-order chi connectivity index (χ0) is 5.82. The van der Waals surface area contributed by atoms with Crippen molar-refractivity contribution in [2.24, 2.45) is 4.99 Å². The van der Waals surface area contributed by atoms with E-state index in [1.807, 2.05) is 17.2 Å². The molecule has 0 N–H and O–H groups in total. The summed E-state index contributed by atoms with van der Waals surface area (Å²) in [6.45, 7) is 0.694. The first-order chi connectivity index (χ1) is 3.93. The molecule has 0 aromatic carbocycles. The quantitative estimate of drug-likeness (QED) is 0.426. The monoisotopic (exact) mass is 166 g/mol. The van der Waals surface area contributed by atoms with Gasteiger partial charge in [-0.3, -0.25) is 4.99 Å². The van der Waals surface area contributed by atoms with Gasteiger partial charge in [0.25, 0.3) is 0 Å². The smallest absolute Gasteiger partial charge is 0.110 e. The standard InChI is InChI=1S/C5H7ClN2.ClH/c6-4-8-3-1-2-7-5-8;/h1-3H,4-5H2;1H. The van der Waals surface area contributed by atoms with Crippen molar-refractivity contribution in [2.45, 2.75) is 0 Å². The SMILES string of the molecule is Cl.ClCN1C=CC=NC1. The average molecular weight is 167 g/mol. The van der Waals surface area contributed by atoms with Gasteiger partial charge in [0.05, 0.1) is 6.00 Å². The highest BCUT2D eigenvalue weighted by Crippen LogP contribution is 1.95. The molecule has 0 spiro atoms. The molecule has 0 aromatic heterocycles. The second-order valence-corrected chi connectivity index (χ2v) is 1.76. The van der Waals surface area contributed by atoms with E-state index < -0.39 is 0 Å². The lowest BCUT2D eigenvalue weighted by molar-refractivity contribution is 0.448. The lowest BCUT2D eigenvalue weighted by Gasteiger charge is -2.14. The molecule has 0 atom stereocenters. The molecule has 0 aromatic rings. The van der Waals surface area contributed by atoms with Crippen LogP contribution in [0.4, 0.5) is 0 Å². The summed E-state index contributed by atoms with van der Waals surface area (Å²) < 4.78 is 0. The van der Waals surface area contributed by atoms with Gasteiger partial charge in [-0.15, -0.1) is 24.0 Å². The predicted octanol–water partition coefficient (Wildman–Crippen LogP) is 1.46. The van der Waals surface area contributed by atoms with E-state index in [9.17, 15) is 0 Å². The van der Waals surface area contributed by atoms with Crippen molar-refractivity contribution in [2.75, 3.05) is 12.7 Å². The zero-order valence-corrected chi connectivity index (χ0v) is 6.40. The normalized spacial score (nSPS) is 15.4. The molecule has 0 amide bonds. The fraction of sp³-hybridized carbons (Fsp3) is 0.400. The average Bonchev–Trinajstić information content (AvgIpc) is 1.90. The number of hydrogen-bond donors (Lipinski definition) is 0. The summed E-state index contributed by atoms with van der Waals surface area (Å²) in [6.07, 6.45) is 5.55. The molecule has 1 aliphatic rings. The lowest BCUT2D eigenvalue weighted by atomic mass is 10.6. The molecule has 0 saturated carbocycles. The van der Waals surface area contributed by atoms with Crippen LogP contribution in [0.1, 0.15) is 0 Å². The lowest BCUT2D eigenvalue weighted by Crippen LogP contribution is -2.16. The Hall–Kier alpha value is -0.210. The highest BCUT2D eigenvalue weighted by atomic mass is 35.5. The molecule has 0 unspecified atom stereocenters. The van der Waals surface area contributed by atoms with Gasteiger partial charge in [0.15, 0.2) is 0 Å². The molecule has 0 saturated heterocycles. The van der Waals surface area contributed by atoms with E-state index in [1.54, 1.807) is 6.21 Å². The number of allylic oxidation sites excluding steroid dienone is 1. The Kier molecular flexibility index (Phi) is 4.54. The van der Waals surface area contributed by atoms with Gasteiger partial charge in [-0.25, -0.2) is 0 Å². The van der Waals surface area contributed by atoms with Crippen LogP contribution in [0, 0.1) is 0 Å². The van der Waals surface area contributed by atoms with E-state index in [0.717, 1.165) is 0 Å². The molecule has 4 heteroatoms. The van der Waals surface area contributed by atoms with Gasteiger partial charge in [-0.1, -0.05) is 0 Å². The molecule has 0 bridgehead atoms. The molecule has 1 aliphatic heterocycles. The van der Waals surface area contributed by atoms with E-state index >= 15 is 0 Å². The van der Waals surface area contributed by atoms with Crippen molar-refractivity contribution >= 4 is 30.2 Å². The van der Waals surface area contributed by atoms with Crippen LogP contribution in [-0.2, 0) is 0 Å². The Bertz CT molecular complexity index is 122. The van der Waals surface area contributed by atoms with Crippen molar-refractivity contribution in [1.29, 1.82) is 0 Å². The molecule has 1 heterocycles. The molecule has 0 radical (unpaired) electrons. The van der Waals surface area contributed by atoms with Gasteiger partial charge in [-0.2, -0.15) is 0 Å². The Morgan fingerprint density at radius 1 is 1.67 bits per heavy atom. The number of nitrogens with zero attached hydrogens (tertiary/aromatic N) is 2. The number of hydrogen-bond acceptors (Lipinski definition) is 2. The van der Waals surface area contributed by atoms with Gasteiger partial charge in [0.1, 0.15) is 6.67 Å². The van der Waals surface area contributed by atoms with Gasteiger partial charge in [-0.05, 0) is 6.08 Å². The predicted molar refractivity (Wildman–Crippen MR) is 42.3 cm³/mol. The third-order valence-electron chi connectivity index (χ3n) is 0.905. The summed E-state index contributed by atoms with van der Waals surface area (Å²) in [5.74, 6) is 0. The van der Waals surface area contributed by atoms with Crippen LogP contribution in [0.3, 0.4) is 0 Å². The summed E-state index contributed by atoms with van der Waals surface area (Å²) in [6, 6.07) is 0.522. The summed E-state index contributed by atoms with van der Waals surface area (Å²) in [7, 11) is 0. The zero-order valence-electron chi connectivity index (χ0n) is 4.83. The van der Waals surface area contributed by atoms with Crippen molar-refractivity contribution in [3.63, 3.8) is 0 Å². The fourth-order valence-corrected chi connectivity index (χ4v) is 0.653. The number of halogens is 2. The van der Waals surface area contributed by atoms with Crippen LogP contribution in [0.5, 0.6) is 0 Å². The molecular formula is C5H8Cl2N2. The molecule has 9 heavy (non-hydrogen) atoms. The molecule has 2 nitrogen and oxygen atoms in total. The molecule has 1 rings (SSSR count). The van der Waals surface area contributed by atoms with Crippen molar-refractivity contribution in [3.05, 3.63) is 12.3 Å². The van der Waals surface area contributed by atoms with Crippen LogP contribution in [0.2, 0.25) is 0 Å². The number of rotatable bonds is 1. The van der Waals surface area contributed by atoms with Gasteiger partial charge >= 0.3 is 0 Å². The first-order valence-corrected chi connectivity index (χ1v) is 2.93. The highest BCUT2D eigenvalue weighted by molar-refractivity contribution is 6.17. The Morgan fingerprint density at radius 2 is 2.44 bits per heavy atom. The van der Waals surface area contributed by atoms with Crippen molar-refractivity contribution in [3.8, 4) is 0 Å². The summed E-state index contributed by atoms with van der Waals surface area (Å²) in [5.41, 5.74) is 0. The number of alkyl halides is 1. The van der Waals surface area contributed by atoms with Crippen molar-refractivity contribution < 1.29 is 0 Å². The first-order valence-electron chi connectivity index (χ1n) is 2.40. The van der Waals surface area contributed by atoms with Crippen LogP contribution in [0.15, 0.2) is 17.3 Å². The molecular weight excluding hydrogens is 159 g/mol. The highest BCUT2D eigenvalue weighted by Gasteiger charge is 1.93. The van der Waals surface area contributed by atoms with Crippen LogP contribution in [-0.4, -0.2) is 23.8 Å². The third kappa shape index (κ3) is 2.72. The number of aliphatic imine (C=N–C) groups is 1. The summed E-state index contributed by atoms with van der Waals surface area (Å²) >= 11 is 5.48. The summed E-state index contributed by atoms with van der Waals surface area (Å²) in [4.78, 5) is 5.86. The second-order valence-electron chi connectivity index (χ2n) is 1.52. The second kappa shape index (κ2) is 4.65. The van der Waals surface area contributed by atoms with E-state index in [0.29, 0.717) is 12.7 Å². The largest absolute Gasteiger partial charge is 0.345 e. The van der Waals surface area contributed by atoms with E-state index in [2.05, 4.69) is 4.99 Å². The summed E-state index contributed by atoms with van der Waals surface area (Å²) in [5, 5.41) is 0. The maximum absolute atomic E-state index is 5.48. The minimum Gasteiger partial charge on any atom is -0.345 e. The fourth-order valence-electron chi connectivity index (χ4n) is 0.498. The van der Waals surface area contributed by atoms with E-state index in [4.69, 9.17) is 11.6 Å². The van der Waals surface area contributed by atoms with Crippen molar-refractivity contribution in [1.82, 2.24) is 4.90 Å². The van der Waals surface area contributed by atoms with Gasteiger partial charge in [0.2, 0.25) is 0 Å². The molecule has 52 valence electrons. The van der Waals surface area contributed by atoms with Crippen LogP contribution in [0.25, 0.3) is 0 Å². The topological polar surface area (TPSA) is 15.6 Å². The molecule has 0 aliphatic carbocycles. The molecule has 0 fully saturated rings. The minimum absolute atomic E-state index is 0. The first kappa shape index (κ1) is 8.79. The Labute approximate surface area is 65.6 Å². The Balaban J connectivity index is 0.000000640. The van der Waals surface area contributed by atoms with Gasteiger partial charge < -0.3 is 4.90 Å². The maximum atomic E-state index is 5.48. The van der Waals surface area contributed by atoms with Crippen LogP contribution < -0.4 is 0 Å².